The summed E-state index contributed by atoms with van der Waals surface area (Å²) in [6.45, 7) is 9.40. The molecule has 0 aromatic carbocycles. The van der Waals surface area contributed by atoms with Crippen molar-refractivity contribution in [1.82, 2.24) is 15.0 Å². The maximum Gasteiger partial charge on any atom is 0.230 e. The fourth-order valence-electron chi connectivity index (χ4n) is 2.16. The first-order valence-electron chi connectivity index (χ1n) is 6.92. The summed E-state index contributed by atoms with van der Waals surface area (Å²) in [5.41, 5.74) is 0. The molecule has 1 aromatic heterocycles. The first-order valence-corrected chi connectivity index (χ1v) is 6.92. The van der Waals surface area contributed by atoms with E-state index in [9.17, 15) is 0 Å². The molecule has 0 bridgehead atoms. The summed E-state index contributed by atoms with van der Waals surface area (Å²) >= 11 is 0. The molecule has 18 heavy (non-hydrogen) atoms. The Kier molecular flexibility index (Phi) is 4.33. The highest BCUT2D eigenvalue weighted by atomic mass is 15.3. The van der Waals surface area contributed by atoms with Crippen molar-refractivity contribution in [3.8, 4) is 0 Å². The lowest BCUT2D eigenvalue weighted by atomic mass is 10.1. The van der Waals surface area contributed by atoms with Crippen molar-refractivity contribution in [2.24, 2.45) is 5.92 Å². The second kappa shape index (κ2) is 5.98. The van der Waals surface area contributed by atoms with E-state index in [4.69, 9.17) is 0 Å². The van der Waals surface area contributed by atoms with Gasteiger partial charge in [0, 0.05) is 26.1 Å². The molecular formula is C13H23N5. The monoisotopic (exact) mass is 249 g/mol. The van der Waals surface area contributed by atoms with Crippen LogP contribution in [-0.2, 0) is 6.42 Å². The minimum Gasteiger partial charge on any atom is -0.354 e. The molecule has 1 saturated heterocycles. The van der Waals surface area contributed by atoms with E-state index in [0.717, 1.165) is 37.8 Å². The highest BCUT2D eigenvalue weighted by Gasteiger charge is 2.17. The van der Waals surface area contributed by atoms with Crippen LogP contribution in [0, 0.1) is 5.92 Å². The van der Waals surface area contributed by atoms with Crippen LogP contribution >= 0.6 is 0 Å². The molecule has 0 saturated carbocycles. The van der Waals surface area contributed by atoms with E-state index in [2.05, 4.69) is 45.9 Å². The van der Waals surface area contributed by atoms with E-state index >= 15 is 0 Å². The second-order valence-electron chi connectivity index (χ2n) is 5.20. The molecule has 5 heteroatoms. The predicted molar refractivity (Wildman–Crippen MR) is 74.0 cm³/mol. The zero-order valence-electron chi connectivity index (χ0n) is 11.6. The second-order valence-corrected chi connectivity index (χ2v) is 5.20. The summed E-state index contributed by atoms with van der Waals surface area (Å²) in [4.78, 5) is 15.8. The molecule has 1 aliphatic heterocycles. The molecule has 1 aromatic rings. The Morgan fingerprint density at radius 2 is 1.89 bits per heavy atom. The van der Waals surface area contributed by atoms with Gasteiger partial charge in [0.1, 0.15) is 5.82 Å². The minimum atomic E-state index is 0.563. The molecule has 0 unspecified atom stereocenters. The molecule has 0 spiro atoms. The van der Waals surface area contributed by atoms with Crippen molar-refractivity contribution >= 4 is 11.9 Å². The van der Waals surface area contributed by atoms with Crippen molar-refractivity contribution < 1.29 is 0 Å². The number of aromatic nitrogens is 3. The maximum absolute atomic E-state index is 4.60. The summed E-state index contributed by atoms with van der Waals surface area (Å²) < 4.78 is 0. The Bertz CT molecular complexity index is 385. The summed E-state index contributed by atoms with van der Waals surface area (Å²) in [7, 11) is 0. The molecule has 0 atom stereocenters. The molecule has 0 radical (unpaired) electrons. The summed E-state index contributed by atoms with van der Waals surface area (Å²) in [6.07, 6.45) is 3.38. The molecule has 1 aliphatic rings. The minimum absolute atomic E-state index is 0.563. The van der Waals surface area contributed by atoms with Crippen molar-refractivity contribution in [2.45, 2.75) is 40.0 Å². The molecule has 1 fully saturated rings. The van der Waals surface area contributed by atoms with Crippen molar-refractivity contribution in [3.63, 3.8) is 0 Å². The summed E-state index contributed by atoms with van der Waals surface area (Å²) in [5, 5.41) is 3.20. The fourth-order valence-corrected chi connectivity index (χ4v) is 2.16. The van der Waals surface area contributed by atoms with Gasteiger partial charge in [0.15, 0.2) is 0 Å². The van der Waals surface area contributed by atoms with E-state index in [1.165, 1.54) is 12.8 Å². The normalized spacial score (nSPS) is 15.4. The van der Waals surface area contributed by atoms with Crippen LogP contribution in [0.4, 0.5) is 11.9 Å². The van der Waals surface area contributed by atoms with Crippen LogP contribution in [0.2, 0.25) is 0 Å². The molecule has 0 amide bonds. The average molecular weight is 249 g/mol. The topological polar surface area (TPSA) is 53.9 Å². The van der Waals surface area contributed by atoms with E-state index in [0.29, 0.717) is 11.9 Å². The highest BCUT2D eigenvalue weighted by Crippen LogP contribution is 2.18. The van der Waals surface area contributed by atoms with E-state index in [1.807, 2.05) is 0 Å². The number of hydrogen-bond donors (Lipinski definition) is 1. The Morgan fingerprint density at radius 3 is 2.50 bits per heavy atom. The number of nitrogens with zero attached hydrogens (tertiary/aromatic N) is 4. The lowest BCUT2D eigenvalue weighted by molar-refractivity contribution is 0.617. The third-order valence-corrected chi connectivity index (χ3v) is 2.98. The molecule has 2 rings (SSSR count). The number of nitrogens with one attached hydrogen (secondary N) is 1. The number of rotatable bonds is 5. The first-order chi connectivity index (χ1) is 8.69. The first kappa shape index (κ1) is 13.1. The largest absolute Gasteiger partial charge is 0.354 e. The maximum atomic E-state index is 4.60. The number of hydrogen-bond acceptors (Lipinski definition) is 5. The van der Waals surface area contributed by atoms with E-state index in [1.54, 1.807) is 0 Å². The van der Waals surface area contributed by atoms with Crippen LogP contribution < -0.4 is 10.2 Å². The zero-order valence-corrected chi connectivity index (χ0v) is 11.6. The Balaban J connectivity index is 2.23. The smallest absolute Gasteiger partial charge is 0.230 e. The predicted octanol–water partition coefficient (Wildman–Crippen LogP) is 2.10. The summed E-state index contributed by atoms with van der Waals surface area (Å²) in [5.74, 6) is 3.02. The van der Waals surface area contributed by atoms with E-state index in [-0.39, 0.29) is 0 Å². The molecule has 5 nitrogen and oxygen atoms in total. The number of anilines is 2. The van der Waals surface area contributed by atoms with Crippen molar-refractivity contribution in [2.75, 3.05) is 29.9 Å². The van der Waals surface area contributed by atoms with E-state index < -0.39 is 0 Å². The average Bonchev–Trinajstić information content (AvgIpc) is 2.81. The van der Waals surface area contributed by atoms with Crippen LogP contribution in [0.25, 0.3) is 0 Å². The van der Waals surface area contributed by atoms with Crippen LogP contribution in [0.5, 0.6) is 0 Å². The third-order valence-electron chi connectivity index (χ3n) is 2.98. The van der Waals surface area contributed by atoms with Gasteiger partial charge < -0.3 is 10.2 Å². The SMILES string of the molecule is CCNc1nc(CC(C)C)nc(N2CCCC2)n1. The van der Waals surface area contributed by atoms with Gasteiger partial charge in [-0.3, -0.25) is 0 Å². The Morgan fingerprint density at radius 1 is 1.17 bits per heavy atom. The molecule has 1 N–H and O–H groups in total. The van der Waals surface area contributed by atoms with Crippen LogP contribution in [0.15, 0.2) is 0 Å². The molecular weight excluding hydrogens is 226 g/mol. The quantitative estimate of drug-likeness (QED) is 0.866. The third kappa shape index (κ3) is 3.31. The van der Waals surface area contributed by atoms with Gasteiger partial charge >= 0.3 is 0 Å². The van der Waals surface area contributed by atoms with Crippen molar-refractivity contribution in [1.29, 1.82) is 0 Å². The van der Waals surface area contributed by atoms with Crippen molar-refractivity contribution in [3.05, 3.63) is 5.82 Å². The standard InChI is InChI=1S/C13H23N5/c1-4-14-12-15-11(9-10(2)3)16-13(17-12)18-7-5-6-8-18/h10H,4-9H2,1-3H3,(H,14,15,16,17). The molecule has 2 heterocycles. The van der Waals surface area contributed by atoms with Crippen LogP contribution in [-0.4, -0.2) is 34.6 Å². The Labute approximate surface area is 109 Å². The highest BCUT2D eigenvalue weighted by molar-refractivity contribution is 5.37. The molecule has 0 aliphatic carbocycles. The van der Waals surface area contributed by atoms with Gasteiger partial charge in [-0.05, 0) is 25.7 Å². The van der Waals surface area contributed by atoms with Crippen LogP contribution in [0.3, 0.4) is 0 Å². The van der Waals surface area contributed by atoms with Gasteiger partial charge in [-0.2, -0.15) is 15.0 Å². The molecule has 100 valence electrons. The summed E-state index contributed by atoms with van der Waals surface area (Å²) in [6, 6.07) is 0. The fraction of sp³-hybridized carbons (Fsp3) is 0.769. The van der Waals surface area contributed by atoms with Gasteiger partial charge in [0.25, 0.3) is 0 Å². The Hall–Kier alpha value is -1.39. The van der Waals surface area contributed by atoms with Gasteiger partial charge in [0.05, 0.1) is 0 Å². The zero-order chi connectivity index (χ0) is 13.0. The van der Waals surface area contributed by atoms with Gasteiger partial charge in [-0.15, -0.1) is 0 Å². The lowest BCUT2D eigenvalue weighted by Crippen LogP contribution is -2.22. The van der Waals surface area contributed by atoms with Gasteiger partial charge in [0.2, 0.25) is 11.9 Å². The lowest BCUT2D eigenvalue weighted by Gasteiger charge is -2.17. The van der Waals surface area contributed by atoms with Gasteiger partial charge in [-0.1, -0.05) is 13.8 Å². The van der Waals surface area contributed by atoms with Gasteiger partial charge in [-0.25, -0.2) is 0 Å². The van der Waals surface area contributed by atoms with Crippen LogP contribution in [0.1, 0.15) is 39.4 Å².